The van der Waals surface area contributed by atoms with Gasteiger partial charge in [-0.05, 0) is 46.5 Å². The molecule has 138 valence electrons. The number of benzene rings is 4. The Hall–Kier alpha value is -3.59. The fourth-order valence-electron chi connectivity index (χ4n) is 3.37. The molecule has 0 aromatic heterocycles. The van der Waals surface area contributed by atoms with Crippen LogP contribution in [-0.4, -0.2) is 13.0 Å². The molecule has 0 saturated heterocycles. The fourth-order valence-corrected chi connectivity index (χ4v) is 3.37. The van der Waals surface area contributed by atoms with Gasteiger partial charge < -0.3 is 10.1 Å². The van der Waals surface area contributed by atoms with Gasteiger partial charge in [0.05, 0.1) is 12.7 Å². The number of rotatable bonds is 5. The minimum atomic E-state index is -0.178. The summed E-state index contributed by atoms with van der Waals surface area (Å²) in [5.41, 5.74) is 3.61. The summed E-state index contributed by atoms with van der Waals surface area (Å²) in [5, 5.41) is 5.12. The molecule has 0 spiro atoms. The third kappa shape index (κ3) is 3.74. The van der Waals surface area contributed by atoms with Crippen molar-refractivity contribution in [1.82, 2.24) is 0 Å². The van der Waals surface area contributed by atoms with Gasteiger partial charge in [0.25, 0.3) is 5.91 Å². The van der Waals surface area contributed by atoms with Gasteiger partial charge in [-0.3, -0.25) is 4.79 Å². The Bertz CT molecular complexity index is 1120. The highest BCUT2D eigenvalue weighted by Gasteiger charge is 2.15. The average molecular weight is 367 g/mol. The molecule has 0 saturated carbocycles. The summed E-state index contributed by atoms with van der Waals surface area (Å²) in [5.74, 6) is 0.389. The topological polar surface area (TPSA) is 38.3 Å². The largest absolute Gasteiger partial charge is 0.496 e. The maximum absolute atomic E-state index is 13.1. The molecule has 0 aliphatic carbocycles. The van der Waals surface area contributed by atoms with Crippen LogP contribution in [0.15, 0.2) is 91.0 Å². The number of nitrogens with one attached hydrogen (secondary N) is 1. The highest BCUT2D eigenvalue weighted by Crippen LogP contribution is 2.27. The number of hydrogen-bond donors (Lipinski definition) is 1. The van der Waals surface area contributed by atoms with Crippen molar-refractivity contribution in [3.05, 3.63) is 108 Å². The molecule has 3 heteroatoms. The molecule has 4 aromatic rings. The first-order valence-corrected chi connectivity index (χ1v) is 9.24. The first kappa shape index (κ1) is 17.8. The van der Waals surface area contributed by atoms with Crippen molar-refractivity contribution in [3.8, 4) is 5.75 Å². The van der Waals surface area contributed by atoms with Crippen molar-refractivity contribution in [3.63, 3.8) is 0 Å². The second-order valence-corrected chi connectivity index (χ2v) is 6.67. The van der Waals surface area contributed by atoms with Crippen molar-refractivity contribution >= 4 is 22.4 Å². The molecule has 0 heterocycles. The van der Waals surface area contributed by atoms with E-state index in [1.165, 1.54) is 5.56 Å². The van der Waals surface area contributed by atoms with Crippen LogP contribution in [0.5, 0.6) is 5.75 Å². The molecule has 0 radical (unpaired) electrons. The maximum atomic E-state index is 13.1. The minimum Gasteiger partial charge on any atom is -0.496 e. The van der Waals surface area contributed by atoms with Gasteiger partial charge >= 0.3 is 0 Å². The van der Waals surface area contributed by atoms with Gasteiger partial charge in [0.15, 0.2) is 0 Å². The van der Waals surface area contributed by atoms with Crippen molar-refractivity contribution in [2.45, 2.75) is 6.42 Å². The quantitative estimate of drug-likeness (QED) is 0.492. The Morgan fingerprint density at radius 3 is 2.21 bits per heavy atom. The van der Waals surface area contributed by atoms with Gasteiger partial charge in [-0.15, -0.1) is 0 Å². The van der Waals surface area contributed by atoms with E-state index in [0.717, 1.165) is 28.4 Å². The van der Waals surface area contributed by atoms with Crippen LogP contribution in [0.1, 0.15) is 21.5 Å². The summed E-state index contributed by atoms with van der Waals surface area (Å²) in [6, 6.07) is 29.8. The van der Waals surface area contributed by atoms with E-state index in [1.54, 1.807) is 7.11 Å². The minimum absolute atomic E-state index is 0.178. The molecule has 4 rings (SSSR count). The van der Waals surface area contributed by atoms with E-state index in [9.17, 15) is 4.79 Å². The van der Waals surface area contributed by atoms with Crippen molar-refractivity contribution < 1.29 is 9.53 Å². The Labute approximate surface area is 164 Å². The van der Waals surface area contributed by atoms with E-state index < -0.39 is 0 Å². The molecule has 1 amide bonds. The van der Waals surface area contributed by atoms with Crippen LogP contribution < -0.4 is 10.1 Å². The summed E-state index contributed by atoms with van der Waals surface area (Å²) in [6.07, 6.45) is 0.756. The average Bonchev–Trinajstić information content (AvgIpc) is 2.75. The molecule has 0 fully saturated rings. The zero-order valence-corrected chi connectivity index (χ0v) is 15.7. The summed E-state index contributed by atoms with van der Waals surface area (Å²) >= 11 is 0. The highest BCUT2D eigenvalue weighted by atomic mass is 16.5. The summed E-state index contributed by atoms with van der Waals surface area (Å²) in [6.45, 7) is 0. The Balaban J connectivity index is 1.65. The molecular weight excluding hydrogens is 346 g/mol. The van der Waals surface area contributed by atoms with Gasteiger partial charge in [-0.2, -0.15) is 0 Å². The molecule has 28 heavy (non-hydrogen) atoms. The number of amides is 1. The number of carbonyl (C=O) groups excluding carboxylic acids is 1. The summed E-state index contributed by atoms with van der Waals surface area (Å²) in [7, 11) is 1.59. The Kier molecular flexibility index (Phi) is 5.07. The van der Waals surface area contributed by atoms with Crippen LogP contribution in [0.25, 0.3) is 10.8 Å². The SMILES string of the molecule is COc1cc2ccccc2cc1C(=O)Nc1ccccc1Cc1ccccc1. The van der Waals surface area contributed by atoms with Crippen LogP contribution in [0, 0.1) is 0 Å². The van der Waals surface area contributed by atoms with Crippen LogP contribution in [0.2, 0.25) is 0 Å². The van der Waals surface area contributed by atoms with Gasteiger partial charge in [0.2, 0.25) is 0 Å². The normalized spacial score (nSPS) is 10.6. The number of para-hydroxylation sites is 1. The smallest absolute Gasteiger partial charge is 0.259 e. The van der Waals surface area contributed by atoms with E-state index in [4.69, 9.17) is 4.74 Å². The predicted octanol–water partition coefficient (Wildman–Crippen LogP) is 5.69. The lowest BCUT2D eigenvalue weighted by atomic mass is 10.0. The van der Waals surface area contributed by atoms with E-state index in [1.807, 2.05) is 78.9 Å². The van der Waals surface area contributed by atoms with Crippen LogP contribution in [0.3, 0.4) is 0 Å². The van der Waals surface area contributed by atoms with E-state index in [0.29, 0.717) is 11.3 Å². The predicted molar refractivity (Wildman–Crippen MR) is 114 cm³/mol. The Morgan fingerprint density at radius 2 is 1.46 bits per heavy atom. The molecule has 4 aromatic carbocycles. The molecule has 0 aliphatic heterocycles. The van der Waals surface area contributed by atoms with Gasteiger partial charge in [-0.25, -0.2) is 0 Å². The number of ether oxygens (including phenoxy) is 1. The van der Waals surface area contributed by atoms with Gasteiger partial charge in [0.1, 0.15) is 5.75 Å². The third-order valence-corrected chi connectivity index (χ3v) is 4.82. The maximum Gasteiger partial charge on any atom is 0.259 e. The molecule has 1 N–H and O–H groups in total. The zero-order chi connectivity index (χ0) is 19.3. The number of fused-ring (bicyclic) bond motifs is 1. The van der Waals surface area contributed by atoms with E-state index in [-0.39, 0.29) is 5.91 Å². The van der Waals surface area contributed by atoms with Gasteiger partial charge in [-0.1, -0.05) is 72.8 Å². The van der Waals surface area contributed by atoms with Crippen molar-refractivity contribution in [2.75, 3.05) is 12.4 Å². The van der Waals surface area contributed by atoms with Crippen LogP contribution in [0.4, 0.5) is 5.69 Å². The highest BCUT2D eigenvalue weighted by molar-refractivity contribution is 6.09. The molecule has 0 unspecified atom stereocenters. The summed E-state index contributed by atoms with van der Waals surface area (Å²) < 4.78 is 5.48. The standard InChI is InChI=1S/C25H21NO2/c1-28-24-17-20-12-6-5-11-19(20)16-22(24)25(27)26-23-14-8-7-13-21(23)15-18-9-3-2-4-10-18/h2-14,16-17H,15H2,1H3,(H,26,27). The third-order valence-electron chi connectivity index (χ3n) is 4.82. The first-order valence-electron chi connectivity index (χ1n) is 9.24. The van der Waals surface area contributed by atoms with E-state index >= 15 is 0 Å². The molecule has 0 bridgehead atoms. The number of hydrogen-bond acceptors (Lipinski definition) is 2. The molecular formula is C25H21NO2. The second kappa shape index (κ2) is 7.97. The first-order chi connectivity index (χ1) is 13.7. The molecule has 3 nitrogen and oxygen atoms in total. The molecule has 0 aliphatic rings. The van der Waals surface area contributed by atoms with Crippen molar-refractivity contribution in [1.29, 1.82) is 0 Å². The fraction of sp³-hybridized carbons (Fsp3) is 0.0800. The zero-order valence-electron chi connectivity index (χ0n) is 15.7. The lowest BCUT2D eigenvalue weighted by molar-refractivity contribution is 0.102. The van der Waals surface area contributed by atoms with Crippen LogP contribution >= 0.6 is 0 Å². The molecule has 0 atom stereocenters. The number of carbonyl (C=O) groups is 1. The monoisotopic (exact) mass is 367 g/mol. The van der Waals surface area contributed by atoms with Gasteiger partial charge in [0, 0.05) is 5.69 Å². The number of methoxy groups -OCH3 is 1. The van der Waals surface area contributed by atoms with Crippen molar-refractivity contribution in [2.24, 2.45) is 0 Å². The lowest BCUT2D eigenvalue weighted by Gasteiger charge is -2.14. The Morgan fingerprint density at radius 1 is 0.821 bits per heavy atom. The summed E-state index contributed by atoms with van der Waals surface area (Å²) in [4.78, 5) is 13.1. The van der Waals surface area contributed by atoms with E-state index in [2.05, 4.69) is 17.4 Å². The van der Waals surface area contributed by atoms with Crippen LogP contribution in [-0.2, 0) is 6.42 Å². The number of anilines is 1. The lowest BCUT2D eigenvalue weighted by Crippen LogP contribution is -2.14. The second-order valence-electron chi connectivity index (χ2n) is 6.67.